The van der Waals surface area contributed by atoms with Crippen molar-refractivity contribution in [3.8, 4) is 0 Å². The van der Waals surface area contributed by atoms with Crippen molar-refractivity contribution in [1.29, 1.82) is 0 Å². The quantitative estimate of drug-likeness (QED) is 0.892. The first-order valence-electron chi connectivity index (χ1n) is 6.42. The van der Waals surface area contributed by atoms with Crippen LogP contribution in [0.4, 0.5) is 18.9 Å². The van der Waals surface area contributed by atoms with Crippen molar-refractivity contribution in [1.82, 2.24) is 0 Å². The van der Waals surface area contributed by atoms with Crippen molar-refractivity contribution < 1.29 is 13.2 Å². The second-order valence-electron chi connectivity index (χ2n) is 5.49. The molecule has 2 N–H and O–H groups in total. The molecule has 1 aromatic carbocycles. The predicted molar refractivity (Wildman–Crippen MR) is 70.1 cm³/mol. The lowest BCUT2D eigenvalue weighted by Crippen LogP contribution is -2.35. The molecular weight excluding hydrogens is 253 g/mol. The lowest BCUT2D eigenvalue weighted by atomic mass is 9.85. The Kier molecular flexibility index (Phi) is 3.51. The summed E-state index contributed by atoms with van der Waals surface area (Å²) in [5.74, 6) is 0. The molecule has 2 nitrogen and oxygen atoms in total. The van der Waals surface area contributed by atoms with Crippen LogP contribution in [0.5, 0.6) is 0 Å². The van der Waals surface area contributed by atoms with Gasteiger partial charge in [-0.05, 0) is 36.6 Å². The van der Waals surface area contributed by atoms with Gasteiger partial charge < -0.3 is 10.6 Å². The molecule has 0 bridgehead atoms. The SMILES string of the molecule is CN(C)c1ccc(C(F)(F)F)c(C2(N)CCCC2)c1. The zero-order valence-corrected chi connectivity index (χ0v) is 11.2. The summed E-state index contributed by atoms with van der Waals surface area (Å²) in [6.45, 7) is 0. The highest BCUT2D eigenvalue weighted by atomic mass is 19.4. The van der Waals surface area contributed by atoms with Gasteiger partial charge in [-0.3, -0.25) is 0 Å². The molecule has 0 aromatic heterocycles. The molecule has 0 saturated heterocycles. The van der Waals surface area contributed by atoms with E-state index in [0.717, 1.165) is 24.6 Å². The van der Waals surface area contributed by atoms with Gasteiger partial charge in [-0.25, -0.2) is 0 Å². The molecule has 0 spiro atoms. The Balaban J connectivity index is 2.56. The highest BCUT2D eigenvalue weighted by Crippen LogP contribution is 2.43. The zero-order valence-electron chi connectivity index (χ0n) is 11.2. The fourth-order valence-electron chi connectivity index (χ4n) is 2.74. The Morgan fingerprint density at radius 3 is 2.21 bits per heavy atom. The molecule has 0 atom stereocenters. The Morgan fingerprint density at radius 1 is 1.16 bits per heavy atom. The van der Waals surface area contributed by atoms with Gasteiger partial charge in [-0.1, -0.05) is 12.8 Å². The number of nitrogens with two attached hydrogens (primary N) is 1. The highest BCUT2D eigenvalue weighted by molar-refractivity contribution is 5.53. The number of halogens is 3. The third-order valence-electron chi connectivity index (χ3n) is 3.86. The molecule has 1 aliphatic rings. The van der Waals surface area contributed by atoms with Crippen LogP contribution in [0, 0.1) is 0 Å². The summed E-state index contributed by atoms with van der Waals surface area (Å²) in [6.07, 6.45) is -1.34. The number of hydrogen-bond donors (Lipinski definition) is 1. The summed E-state index contributed by atoms with van der Waals surface area (Å²) in [6, 6.07) is 4.23. The van der Waals surface area contributed by atoms with Crippen LogP contribution < -0.4 is 10.6 Å². The van der Waals surface area contributed by atoms with Crippen molar-refractivity contribution in [2.24, 2.45) is 5.73 Å². The van der Waals surface area contributed by atoms with E-state index in [4.69, 9.17) is 5.73 Å². The average molecular weight is 272 g/mol. The smallest absolute Gasteiger partial charge is 0.378 e. The van der Waals surface area contributed by atoms with Crippen molar-refractivity contribution in [2.45, 2.75) is 37.4 Å². The van der Waals surface area contributed by atoms with Crippen LogP contribution in [0.2, 0.25) is 0 Å². The van der Waals surface area contributed by atoms with Gasteiger partial charge in [-0.2, -0.15) is 13.2 Å². The van der Waals surface area contributed by atoms with Crippen LogP contribution in [0.3, 0.4) is 0 Å². The standard InChI is InChI=1S/C14H19F3N2/c1-19(2)10-5-6-11(14(15,16)17)12(9-10)13(18)7-3-4-8-13/h5-6,9H,3-4,7-8,18H2,1-2H3. The van der Waals surface area contributed by atoms with E-state index >= 15 is 0 Å². The molecule has 2 rings (SSSR count). The topological polar surface area (TPSA) is 29.3 Å². The summed E-state index contributed by atoms with van der Waals surface area (Å²) in [7, 11) is 3.62. The van der Waals surface area contributed by atoms with Gasteiger partial charge in [0.2, 0.25) is 0 Å². The molecule has 1 saturated carbocycles. The van der Waals surface area contributed by atoms with Gasteiger partial charge in [0.15, 0.2) is 0 Å². The average Bonchev–Trinajstić information content (AvgIpc) is 2.75. The number of alkyl halides is 3. The fraction of sp³-hybridized carbons (Fsp3) is 0.571. The summed E-state index contributed by atoms with van der Waals surface area (Å²) in [4.78, 5) is 1.79. The van der Waals surface area contributed by atoms with Crippen LogP contribution in [0.15, 0.2) is 18.2 Å². The third-order valence-corrected chi connectivity index (χ3v) is 3.86. The van der Waals surface area contributed by atoms with E-state index in [1.54, 1.807) is 11.0 Å². The second-order valence-corrected chi connectivity index (χ2v) is 5.49. The van der Waals surface area contributed by atoms with E-state index in [9.17, 15) is 13.2 Å². The molecule has 5 heteroatoms. The van der Waals surface area contributed by atoms with Crippen LogP contribution in [0.25, 0.3) is 0 Å². The minimum absolute atomic E-state index is 0.240. The van der Waals surface area contributed by atoms with Crippen molar-refractivity contribution in [2.75, 3.05) is 19.0 Å². The third kappa shape index (κ3) is 2.71. The van der Waals surface area contributed by atoms with Gasteiger partial charge in [0.05, 0.1) is 5.56 Å². The van der Waals surface area contributed by atoms with E-state index in [0.29, 0.717) is 12.8 Å². The first kappa shape index (κ1) is 14.2. The van der Waals surface area contributed by atoms with Gasteiger partial charge in [0.25, 0.3) is 0 Å². The fourth-order valence-corrected chi connectivity index (χ4v) is 2.74. The molecule has 1 aromatic rings. The molecule has 19 heavy (non-hydrogen) atoms. The predicted octanol–water partition coefficient (Wildman–Crippen LogP) is 3.50. The van der Waals surface area contributed by atoms with E-state index in [1.807, 2.05) is 14.1 Å². The summed E-state index contributed by atoms with van der Waals surface area (Å²) in [5.41, 5.74) is 5.79. The summed E-state index contributed by atoms with van der Waals surface area (Å²) in [5, 5.41) is 0. The number of nitrogens with zero attached hydrogens (tertiary/aromatic N) is 1. The Bertz CT molecular complexity index is 460. The second kappa shape index (κ2) is 4.71. The number of hydrogen-bond acceptors (Lipinski definition) is 2. The van der Waals surface area contributed by atoms with E-state index in [2.05, 4.69) is 0 Å². The highest BCUT2D eigenvalue weighted by Gasteiger charge is 2.41. The molecule has 0 aliphatic heterocycles. The monoisotopic (exact) mass is 272 g/mol. The maximum Gasteiger partial charge on any atom is 0.416 e. The Morgan fingerprint density at radius 2 is 1.74 bits per heavy atom. The van der Waals surface area contributed by atoms with Gasteiger partial charge in [-0.15, -0.1) is 0 Å². The number of anilines is 1. The molecule has 1 fully saturated rings. The molecule has 0 radical (unpaired) electrons. The van der Waals surface area contributed by atoms with Gasteiger partial charge in [0.1, 0.15) is 0 Å². The summed E-state index contributed by atoms with van der Waals surface area (Å²) >= 11 is 0. The van der Waals surface area contributed by atoms with Crippen LogP contribution in [-0.4, -0.2) is 14.1 Å². The Hall–Kier alpha value is -1.23. The molecule has 0 heterocycles. The van der Waals surface area contributed by atoms with Crippen molar-refractivity contribution in [3.63, 3.8) is 0 Å². The van der Waals surface area contributed by atoms with Crippen LogP contribution in [0.1, 0.15) is 36.8 Å². The van der Waals surface area contributed by atoms with E-state index < -0.39 is 17.3 Å². The van der Waals surface area contributed by atoms with E-state index in [1.165, 1.54) is 6.07 Å². The van der Waals surface area contributed by atoms with Crippen molar-refractivity contribution >= 4 is 5.69 Å². The number of rotatable bonds is 2. The first-order valence-corrected chi connectivity index (χ1v) is 6.42. The molecule has 106 valence electrons. The molecule has 1 aliphatic carbocycles. The van der Waals surface area contributed by atoms with Crippen LogP contribution >= 0.6 is 0 Å². The minimum atomic E-state index is -4.35. The van der Waals surface area contributed by atoms with E-state index in [-0.39, 0.29) is 5.56 Å². The summed E-state index contributed by atoms with van der Waals surface area (Å²) < 4.78 is 39.4. The molecule has 0 unspecified atom stereocenters. The lowest BCUT2D eigenvalue weighted by molar-refractivity contribution is -0.138. The largest absolute Gasteiger partial charge is 0.416 e. The molecule has 0 amide bonds. The van der Waals surface area contributed by atoms with Crippen molar-refractivity contribution in [3.05, 3.63) is 29.3 Å². The Labute approximate surface area is 111 Å². The van der Waals surface area contributed by atoms with Gasteiger partial charge in [0, 0.05) is 25.3 Å². The maximum absolute atomic E-state index is 13.1. The minimum Gasteiger partial charge on any atom is -0.378 e. The van der Waals surface area contributed by atoms with Crippen LogP contribution in [-0.2, 0) is 11.7 Å². The maximum atomic E-state index is 13.1. The number of benzene rings is 1. The lowest BCUT2D eigenvalue weighted by Gasteiger charge is -2.29. The first-order chi connectivity index (χ1) is 8.74. The van der Waals surface area contributed by atoms with Gasteiger partial charge >= 0.3 is 6.18 Å². The zero-order chi connectivity index (χ0) is 14.3. The normalized spacial score (nSPS) is 18.6. The molecular formula is C14H19F3N2.